The molecular weight excluding hydrogens is 411 g/mol. The first-order chi connectivity index (χ1) is 13.7. The van der Waals surface area contributed by atoms with Crippen LogP contribution < -0.4 is 5.32 Å². The predicted octanol–water partition coefficient (Wildman–Crippen LogP) is 5.13. The van der Waals surface area contributed by atoms with E-state index < -0.39 is 15.8 Å². The number of benzene rings is 2. The lowest BCUT2D eigenvalue weighted by Crippen LogP contribution is -2.21. The Morgan fingerprint density at radius 3 is 2.55 bits per heavy atom. The molecule has 1 unspecified atom stereocenters. The zero-order valence-electron chi connectivity index (χ0n) is 16.4. The molecule has 0 saturated heterocycles. The first kappa shape index (κ1) is 20.1. The Balaban J connectivity index is 2.08. The number of halogens is 2. The van der Waals surface area contributed by atoms with Crippen molar-refractivity contribution in [1.29, 1.82) is 0 Å². The van der Waals surface area contributed by atoms with Gasteiger partial charge < -0.3 is 5.32 Å². The van der Waals surface area contributed by atoms with Gasteiger partial charge in [0.15, 0.2) is 0 Å². The molecule has 0 aliphatic heterocycles. The van der Waals surface area contributed by atoms with E-state index >= 15 is 0 Å². The van der Waals surface area contributed by atoms with Crippen molar-refractivity contribution in [2.24, 2.45) is 0 Å². The second kappa shape index (κ2) is 6.97. The second-order valence-electron chi connectivity index (χ2n) is 7.98. The Labute approximate surface area is 175 Å². The quantitative estimate of drug-likeness (QED) is 0.622. The zero-order valence-corrected chi connectivity index (χ0v) is 18.0. The lowest BCUT2D eigenvalue weighted by Gasteiger charge is -2.23. The van der Waals surface area contributed by atoms with E-state index in [1.165, 1.54) is 22.2 Å². The van der Waals surface area contributed by atoms with Crippen LogP contribution in [0.4, 0.5) is 4.39 Å². The zero-order chi connectivity index (χ0) is 21.0. The van der Waals surface area contributed by atoms with Crippen LogP contribution in [0.1, 0.15) is 37.4 Å². The Hall–Kier alpha value is -2.15. The van der Waals surface area contributed by atoms with E-state index in [0.717, 1.165) is 17.5 Å². The lowest BCUT2D eigenvalue weighted by molar-refractivity contribution is 0.444. The highest BCUT2D eigenvalue weighted by Gasteiger charge is 2.43. The SMILES string of the molecule is CNC1CC(C)(C)c2c1cn(S(=O)(=O)c1cccc(Cl)c1)c2-c1ccccc1F. The Morgan fingerprint density at radius 1 is 1.17 bits per heavy atom. The van der Waals surface area contributed by atoms with Crippen molar-refractivity contribution in [3.05, 3.63) is 76.7 Å². The first-order valence-electron chi connectivity index (χ1n) is 9.36. The van der Waals surface area contributed by atoms with Gasteiger partial charge in [0, 0.05) is 22.8 Å². The Bertz CT molecular complexity index is 1200. The third-order valence-corrected chi connectivity index (χ3v) is 7.49. The highest BCUT2D eigenvalue weighted by molar-refractivity contribution is 7.90. The number of aromatic nitrogens is 1. The van der Waals surface area contributed by atoms with Crippen LogP contribution in [0.3, 0.4) is 0 Å². The van der Waals surface area contributed by atoms with Gasteiger partial charge in [-0.25, -0.2) is 16.8 Å². The fraction of sp³-hybridized carbons (Fsp3) is 0.273. The monoisotopic (exact) mass is 432 g/mol. The van der Waals surface area contributed by atoms with Crippen LogP contribution in [0.5, 0.6) is 0 Å². The summed E-state index contributed by atoms with van der Waals surface area (Å²) in [6.07, 6.45) is 2.43. The molecule has 1 heterocycles. The molecule has 7 heteroatoms. The second-order valence-corrected chi connectivity index (χ2v) is 10.2. The third-order valence-electron chi connectivity index (χ3n) is 5.60. The summed E-state index contributed by atoms with van der Waals surface area (Å²) < 4.78 is 43.2. The van der Waals surface area contributed by atoms with E-state index in [1.54, 1.807) is 36.5 Å². The summed E-state index contributed by atoms with van der Waals surface area (Å²) in [6, 6.07) is 12.4. The summed E-state index contributed by atoms with van der Waals surface area (Å²) in [5.74, 6) is -0.459. The fourth-order valence-electron chi connectivity index (χ4n) is 4.29. The molecule has 0 saturated carbocycles. The molecule has 2 aromatic carbocycles. The van der Waals surface area contributed by atoms with Gasteiger partial charge in [0.05, 0.1) is 10.6 Å². The van der Waals surface area contributed by atoms with Crippen LogP contribution in [-0.4, -0.2) is 19.4 Å². The molecule has 3 aromatic rings. The maximum Gasteiger partial charge on any atom is 0.268 e. The van der Waals surface area contributed by atoms with Gasteiger partial charge in [0.2, 0.25) is 0 Å². The Morgan fingerprint density at radius 2 is 1.90 bits per heavy atom. The maximum absolute atomic E-state index is 14.8. The van der Waals surface area contributed by atoms with Crippen LogP contribution in [-0.2, 0) is 15.4 Å². The average Bonchev–Trinajstić information content (AvgIpc) is 3.19. The van der Waals surface area contributed by atoms with Crippen molar-refractivity contribution < 1.29 is 12.8 Å². The van der Waals surface area contributed by atoms with E-state index in [2.05, 4.69) is 19.2 Å². The molecule has 0 amide bonds. The minimum atomic E-state index is -3.98. The number of nitrogens with one attached hydrogen (secondary N) is 1. The molecule has 29 heavy (non-hydrogen) atoms. The van der Waals surface area contributed by atoms with Crippen LogP contribution in [0.2, 0.25) is 5.02 Å². The van der Waals surface area contributed by atoms with Gasteiger partial charge in [0.25, 0.3) is 10.0 Å². The first-order valence-corrected chi connectivity index (χ1v) is 11.2. The van der Waals surface area contributed by atoms with Crippen molar-refractivity contribution in [3.63, 3.8) is 0 Å². The molecule has 152 valence electrons. The van der Waals surface area contributed by atoms with Crippen molar-refractivity contribution in [2.45, 2.75) is 36.6 Å². The highest BCUT2D eigenvalue weighted by atomic mass is 35.5. The standard InChI is InChI=1S/C22H22ClFN2O2S/c1-22(2)12-19(25-3)17-13-26(29(27,28)15-8-6-7-14(23)11-15)21(20(17)22)16-9-4-5-10-18(16)24/h4-11,13,19,25H,12H2,1-3H3. The van der Waals surface area contributed by atoms with E-state index in [4.69, 9.17) is 11.6 Å². The molecule has 1 aliphatic carbocycles. The number of hydrogen-bond donors (Lipinski definition) is 1. The summed E-state index contributed by atoms with van der Waals surface area (Å²) in [5, 5.41) is 3.59. The average molecular weight is 433 g/mol. The smallest absolute Gasteiger partial charge is 0.268 e. The van der Waals surface area contributed by atoms with Gasteiger partial charge in [-0.15, -0.1) is 0 Å². The van der Waals surface area contributed by atoms with Gasteiger partial charge in [-0.1, -0.05) is 43.6 Å². The van der Waals surface area contributed by atoms with E-state index in [-0.39, 0.29) is 21.9 Å². The normalized spacial score (nSPS) is 18.0. The molecule has 4 rings (SSSR count). The van der Waals surface area contributed by atoms with Crippen molar-refractivity contribution in [2.75, 3.05) is 7.05 Å². The van der Waals surface area contributed by atoms with Gasteiger partial charge in [0.1, 0.15) is 5.82 Å². The molecule has 0 spiro atoms. The van der Waals surface area contributed by atoms with Crippen molar-refractivity contribution in [3.8, 4) is 11.3 Å². The van der Waals surface area contributed by atoms with Crippen LogP contribution in [0.15, 0.2) is 59.6 Å². The van der Waals surface area contributed by atoms with E-state index in [0.29, 0.717) is 10.7 Å². The fourth-order valence-corrected chi connectivity index (χ4v) is 5.99. The molecule has 1 N–H and O–H groups in total. The minimum absolute atomic E-state index is 0.0127. The van der Waals surface area contributed by atoms with Crippen molar-refractivity contribution >= 4 is 21.6 Å². The molecular formula is C22H22ClFN2O2S. The molecule has 0 radical (unpaired) electrons. The molecule has 1 aliphatic rings. The molecule has 1 aromatic heterocycles. The lowest BCUT2D eigenvalue weighted by atomic mass is 9.84. The summed E-state index contributed by atoms with van der Waals surface area (Å²) in [4.78, 5) is 0.0649. The van der Waals surface area contributed by atoms with E-state index in [1.807, 2.05) is 7.05 Å². The van der Waals surface area contributed by atoms with Crippen molar-refractivity contribution in [1.82, 2.24) is 9.29 Å². The summed E-state index contributed by atoms with van der Waals surface area (Å²) in [5.41, 5.74) is 2.05. The Kier molecular flexibility index (Phi) is 4.84. The van der Waals surface area contributed by atoms with Gasteiger partial charge in [-0.2, -0.15) is 0 Å². The van der Waals surface area contributed by atoms with Crippen LogP contribution in [0.25, 0.3) is 11.3 Å². The summed E-state index contributed by atoms with van der Waals surface area (Å²) in [6.45, 7) is 4.12. The maximum atomic E-state index is 14.8. The summed E-state index contributed by atoms with van der Waals surface area (Å²) in [7, 11) is -2.13. The largest absolute Gasteiger partial charge is 0.313 e. The number of nitrogens with zero attached hydrogens (tertiary/aromatic N) is 1. The topological polar surface area (TPSA) is 51.1 Å². The minimum Gasteiger partial charge on any atom is -0.313 e. The van der Waals surface area contributed by atoms with E-state index in [9.17, 15) is 12.8 Å². The third kappa shape index (κ3) is 3.19. The predicted molar refractivity (Wildman–Crippen MR) is 113 cm³/mol. The molecule has 4 nitrogen and oxygen atoms in total. The number of hydrogen-bond acceptors (Lipinski definition) is 3. The highest BCUT2D eigenvalue weighted by Crippen LogP contribution is 2.50. The number of rotatable bonds is 4. The summed E-state index contributed by atoms with van der Waals surface area (Å²) >= 11 is 6.04. The molecule has 1 atom stereocenters. The molecule has 0 bridgehead atoms. The van der Waals surface area contributed by atoms with Crippen LogP contribution in [0, 0.1) is 5.82 Å². The van der Waals surface area contributed by atoms with Crippen LogP contribution >= 0.6 is 11.6 Å². The van der Waals surface area contributed by atoms with Gasteiger partial charge >= 0.3 is 0 Å². The van der Waals surface area contributed by atoms with Gasteiger partial charge in [-0.3, -0.25) is 0 Å². The molecule has 0 fully saturated rings. The van der Waals surface area contributed by atoms with Gasteiger partial charge in [-0.05, 0) is 60.3 Å². The number of fused-ring (bicyclic) bond motifs is 1.